The molecule has 0 aliphatic rings. The lowest BCUT2D eigenvalue weighted by Gasteiger charge is -1.98. The Hall–Kier alpha value is -1.64. The van der Waals surface area contributed by atoms with Crippen LogP contribution in [0, 0.1) is 0 Å². The number of unbranched alkanes of at least 4 members (excludes halogenated alkanes) is 2. The molecule has 0 aliphatic carbocycles. The van der Waals surface area contributed by atoms with Crippen LogP contribution in [0.4, 0.5) is 0 Å². The zero-order valence-corrected chi connectivity index (χ0v) is 11.1. The van der Waals surface area contributed by atoms with Crippen LogP contribution >= 0.6 is 0 Å². The molecule has 0 N–H and O–H groups in total. The SMILES string of the molecule is CCCCCn1c[n+](CCc2ccccc2)cn1. The van der Waals surface area contributed by atoms with Gasteiger partial charge in [-0.3, -0.25) is 0 Å². The summed E-state index contributed by atoms with van der Waals surface area (Å²) in [6.45, 7) is 4.26. The van der Waals surface area contributed by atoms with E-state index in [0.29, 0.717) is 0 Å². The zero-order valence-electron chi connectivity index (χ0n) is 11.1. The fourth-order valence-corrected chi connectivity index (χ4v) is 2.02. The highest BCUT2D eigenvalue weighted by molar-refractivity contribution is 5.14. The van der Waals surface area contributed by atoms with Gasteiger partial charge in [0.25, 0.3) is 6.33 Å². The Bertz CT molecular complexity index is 448. The molecule has 3 heteroatoms. The number of benzene rings is 1. The van der Waals surface area contributed by atoms with Gasteiger partial charge in [-0.05, 0) is 12.0 Å². The maximum absolute atomic E-state index is 4.38. The van der Waals surface area contributed by atoms with Crippen LogP contribution in [-0.2, 0) is 19.5 Å². The highest BCUT2D eigenvalue weighted by Gasteiger charge is 2.05. The number of hydrogen-bond donors (Lipinski definition) is 0. The third kappa shape index (κ3) is 3.99. The predicted molar refractivity (Wildman–Crippen MR) is 72.1 cm³/mol. The molecular formula is C15H22N3+. The van der Waals surface area contributed by atoms with Gasteiger partial charge in [0.2, 0.25) is 6.33 Å². The molecule has 18 heavy (non-hydrogen) atoms. The van der Waals surface area contributed by atoms with Crippen LogP contribution in [0.25, 0.3) is 0 Å². The molecule has 0 spiro atoms. The summed E-state index contributed by atoms with van der Waals surface area (Å²) < 4.78 is 4.21. The second kappa shape index (κ2) is 6.94. The van der Waals surface area contributed by atoms with Crippen LogP contribution in [0.1, 0.15) is 31.7 Å². The van der Waals surface area contributed by atoms with Crippen molar-refractivity contribution in [2.45, 2.75) is 45.7 Å². The maximum atomic E-state index is 4.38. The highest BCUT2D eigenvalue weighted by atomic mass is 15.3. The van der Waals surface area contributed by atoms with Gasteiger partial charge in [0.1, 0.15) is 6.54 Å². The van der Waals surface area contributed by atoms with Gasteiger partial charge in [-0.15, -0.1) is 4.68 Å². The molecule has 1 aromatic carbocycles. The molecule has 1 heterocycles. The molecule has 0 fully saturated rings. The monoisotopic (exact) mass is 244 g/mol. The molecule has 0 saturated carbocycles. The van der Waals surface area contributed by atoms with Crippen LogP contribution in [0.5, 0.6) is 0 Å². The lowest BCUT2D eigenvalue weighted by atomic mass is 10.1. The normalized spacial score (nSPS) is 10.7. The molecule has 2 aromatic rings. The molecule has 2 rings (SSSR count). The minimum Gasteiger partial charge on any atom is -0.237 e. The number of nitrogens with zero attached hydrogens (tertiary/aromatic N) is 3. The Balaban J connectivity index is 1.80. The van der Waals surface area contributed by atoms with Crippen LogP contribution in [0.15, 0.2) is 43.0 Å². The fourth-order valence-electron chi connectivity index (χ4n) is 2.02. The summed E-state index contributed by atoms with van der Waals surface area (Å²) in [6, 6.07) is 10.6. The lowest BCUT2D eigenvalue weighted by molar-refractivity contribution is -0.697. The Morgan fingerprint density at radius 2 is 2.00 bits per heavy atom. The Morgan fingerprint density at radius 1 is 1.17 bits per heavy atom. The van der Waals surface area contributed by atoms with Crippen molar-refractivity contribution in [3.63, 3.8) is 0 Å². The van der Waals surface area contributed by atoms with Crippen molar-refractivity contribution < 1.29 is 4.57 Å². The molecule has 0 atom stereocenters. The van der Waals surface area contributed by atoms with Crippen molar-refractivity contribution in [1.29, 1.82) is 0 Å². The van der Waals surface area contributed by atoms with Gasteiger partial charge >= 0.3 is 0 Å². The van der Waals surface area contributed by atoms with E-state index in [-0.39, 0.29) is 0 Å². The summed E-state index contributed by atoms with van der Waals surface area (Å²) in [7, 11) is 0. The highest BCUT2D eigenvalue weighted by Crippen LogP contribution is 1.99. The van der Waals surface area contributed by atoms with Crippen LogP contribution in [-0.4, -0.2) is 9.78 Å². The summed E-state index contributed by atoms with van der Waals surface area (Å²) in [4.78, 5) is 0. The third-order valence-corrected chi connectivity index (χ3v) is 3.12. The number of rotatable bonds is 7. The van der Waals surface area contributed by atoms with Crippen molar-refractivity contribution in [2.24, 2.45) is 0 Å². The van der Waals surface area contributed by atoms with E-state index < -0.39 is 0 Å². The van der Waals surface area contributed by atoms with Crippen molar-refractivity contribution in [2.75, 3.05) is 0 Å². The van der Waals surface area contributed by atoms with Gasteiger partial charge in [0.05, 0.1) is 6.54 Å². The van der Waals surface area contributed by atoms with E-state index in [2.05, 4.69) is 53.2 Å². The molecule has 1 aromatic heterocycles. The zero-order chi connectivity index (χ0) is 12.6. The predicted octanol–water partition coefficient (Wildman–Crippen LogP) is 2.60. The standard InChI is InChI=1S/C15H22N3/c1-2-3-7-11-18-14-17(13-16-18)12-10-15-8-5-4-6-9-15/h4-6,8-9,13-14H,2-3,7,10-12H2,1H3/q+1. The van der Waals surface area contributed by atoms with E-state index in [0.717, 1.165) is 19.5 Å². The minimum absolute atomic E-state index is 0.998. The van der Waals surface area contributed by atoms with Crippen molar-refractivity contribution >= 4 is 0 Å². The summed E-state index contributed by atoms with van der Waals surface area (Å²) in [6.07, 6.45) is 8.86. The van der Waals surface area contributed by atoms with E-state index >= 15 is 0 Å². The van der Waals surface area contributed by atoms with Crippen molar-refractivity contribution in [1.82, 2.24) is 9.78 Å². The second-order valence-electron chi connectivity index (χ2n) is 4.69. The van der Waals surface area contributed by atoms with Gasteiger partial charge in [0.15, 0.2) is 0 Å². The molecular weight excluding hydrogens is 222 g/mol. The summed E-state index contributed by atoms with van der Waals surface area (Å²) >= 11 is 0. The van der Waals surface area contributed by atoms with E-state index in [9.17, 15) is 0 Å². The second-order valence-corrected chi connectivity index (χ2v) is 4.69. The van der Waals surface area contributed by atoms with Crippen molar-refractivity contribution in [3.05, 3.63) is 48.5 Å². The van der Waals surface area contributed by atoms with Gasteiger partial charge in [-0.2, -0.15) is 0 Å². The van der Waals surface area contributed by atoms with E-state index in [1.807, 2.05) is 11.0 Å². The van der Waals surface area contributed by atoms with Crippen LogP contribution < -0.4 is 4.57 Å². The Labute approximate surface area is 109 Å². The van der Waals surface area contributed by atoms with Crippen LogP contribution in [0.2, 0.25) is 0 Å². The number of aromatic nitrogens is 3. The minimum atomic E-state index is 0.998. The van der Waals surface area contributed by atoms with Crippen molar-refractivity contribution in [3.8, 4) is 0 Å². The Kier molecular flexibility index (Phi) is 4.94. The first kappa shape index (κ1) is 12.8. The van der Waals surface area contributed by atoms with Gasteiger partial charge in [-0.25, -0.2) is 4.57 Å². The molecule has 0 amide bonds. The first-order chi connectivity index (χ1) is 8.88. The van der Waals surface area contributed by atoms with Crippen LogP contribution in [0.3, 0.4) is 0 Å². The molecule has 0 unspecified atom stereocenters. The van der Waals surface area contributed by atoms with E-state index in [1.54, 1.807) is 0 Å². The average Bonchev–Trinajstić information content (AvgIpc) is 2.86. The third-order valence-electron chi connectivity index (χ3n) is 3.12. The van der Waals surface area contributed by atoms with E-state index in [4.69, 9.17) is 0 Å². The quantitative estimate of drug-likeness (QED) is 0.542. The largest absolute Gasteiger partial charge is 0.265 e. The number of hydrogen-bond acceptors (Lipinski definition) is 1. The maximum Gasteiger partial charge on any atom is 0.265 e. The first-order valence-electron chi connectivity index (χ1n) is 6.84. The van der Waals surface area contributed by atoms with Gasteiger partial charge in [0, 0.05) is 11.5 Å². The summed E-state index contributed by atoms with van der Waals surface area (Å²) in [5.74, 6) is 0. The fraction of sp³-hybridized carbons (Fsp3) is 0.467. The van der Waals surface area contributed by atoms with Gasteiger partial charge in [-0.1, -0.05) is 50.1 Å². The molecule has 0 bridgehead atoms. The average molecular weight is 244 g/mol. The van der Waals surface area contributed by atoms with E-state index in [1.165, 1.54) is 24.8 Å². The summed E-state index contributed by atoms with van der Waals surface area (Å²) in [5, 5.41) is 4.38. The lowest BCUT2D eigenvalue weighted by Crippen LogP contribution is -2.32. The molecule has 0 aliphatic heterocycles. The first-order valence-corrected chi connectivity index (χ1v) is 6.84. The summed E-state index contributed by atoms with van der Waals surface area (Å²) in [5.41, 5.74) is 1.38. The van der Waals surface area contributed by atoms with Gasteiger partial charge < -0.3 is 0 Å². The topological polar surface area (TPSA) is 21.7 Å². The molecule has 0 saturated heterocycles. The Morgan fingerprint density at radius 3 is 2.78 bits per heavy atom. The molecule has 3 nitrogen and oxygen atoms in total. The smallest absolute Gasteiger partial charge is 0.237 e. The number of aryl methyl sites for hydroxylation is 3. The molecule has 0 radical (unpaired) electrons. The molecule has 96 valence electrons.